The molecule has 0 radical (unpaired) electrons. The Morgan fingerprint density at radius 1 is 0.625 bits per heavy atom. The highest BCUT2D eigenvalue weighted by atomic mass is 28.3. The van der Waals surface area contributed by atoms with Gasteiger partial charge in [-0.2, -0.15) is 0 Å². The molecule has 0 amide bonds. The lowest BCUT2D eigenvalue weighted by Gasteiger charge is -2.06. The van der Waals surface area contributed by atoms with E-state index in [-0.39, 0.29) is 0 Å². The minimum absolute atomic E-state index is 0.949. The number of furan rings is 3. The van der Waals surface area contributed by atoms with Gasteiger partial charge in [0.1, 0.15) is 0 Å². The lowest BCUT2D eigenvalue weighted by atomic mass is 10.7. The third-order valence-corrected chi connectivity index (χ3v) is 5.18. The highest BCUT2D eigenvalue weighted by Crippen LogP contribution is 1.96. The summed E-state index contributed by atoms with van der Waals surface area (Å²) in [6, 6.07) is 11.6. The smallest absolute Gasteiger partial charge is 0.263 e. The Hall–Kier alpha value is -1.94. The predicted octanol–water partition coefficient (Wildman–Crippen LogP) is 0.714. The molecule has 0 bridgehead atoms. The van der Waals surface area contributed by atoms with Crippen molar-refractivity contribution in [1.82, 2.24) is 0 Å². The SMILES string of the molecule is c1coc([SiH](c2ccco2)c2ccco2)c1. The Labute approximate surface area is 93.9 Å². The molecule has 3 heterocycles. The van der Waals surface area contributed by atoms with Crippen LogP contribution in [-0.4, -0.2) is 8.80 Å². The van der Waals surface area contributed by atoms with Gasteiger partial charge in [0, 0.05) is 0 Å². The van der Waals surface area contributed by atoms with Gasteiger partial charge in [-0.05, 0) is 36.4 Å². The van der Waals surface area contributed by atoms with Gasteiger partial charge in [-0.15, -0.1) is 0 Å². The minimum atomic E-state index is -1.66. The van der Waals surface area contributed by atoms with Crippen LogP contribution in [0, 0.1) is 0 Å². The predicted molar refractivity (Wildman–Crippen MR) is 62.2 cm³/mol. The van der Waals surface area contributed by atoms with Crippen molar-refractivity contribution in [2.24, 2.45) is 0 Å². The summed E-state index contributed by atoms with van der Waals surface area (Å²) in [4.78, 5) is 0. The van der Waals surface area contributed by atoms with E-state index in [2.05, 4.69) is 0 Å². The molecule has 0 atom stereocenters. The third-order valence-electron chi connectivity index (χ3n) is 2.48. The molecule has 0 saturated heterocycles. The van der Waals surface area contributed by atoms with Crippen LogP contribution in [0.15, 0.2) is 68.4 Å². The van der Waals surface area contributed by atoms with Crippen LogP contribution in [0.4, 0.5) is 0 Å². The van der Waals surface area contributed by atoms with Crippen LogP contribution >= 0.6 is 0 Å². The number of hydrogen-bond acceptors (Lipinski definition) is 3. The second-order valence-corrected chi connectivity index (χ2v) is 6.05. The van der Waals surface area contributed by atoms with Crippen molar-refractivity contribution in [2.75, 3.05) is 0 Å². The van der Waals surface area contributed by atoms with E-state index in [9.17, 15) is 0 Å². The maximum atomic E-state index is 5.48. The standard InChI is InChI=1S/C12H10O3Si/c1-4-10(13-7-1)16(11-5-2-8-14-11)12-6-3-9-15-12/h1-9,16H. The lowest BCUT2D eigenvalue weighted by molar-refractivity contribution is 0.577. The Morgan fingerprint density at radius 2 is 1.00 bits per heavy atom. The van der Waals surface area contributed by atoms with Crippen molar-refractivity contribution in [1.29, 1.82) is 0 Å². The molecule has 0 aliphatic heterocycles. The summed E-state index contributed by atoms with van der Waals surface area (Å²) in [5.74, 6) is 0. The molecule has 0 spiro atoms. The first-order valence-corrected chi connectivity index (χ1v) is 6.78. The van der Waals surface area contributed by atoms with E-state index in [0.717, 1.165) is 16.2 Å². The molecule has 0 unspecified atom stereocenters. The van der Waals surface area contributed by atoms with Gasteiger partial charge in [0.2, 0.25) is 0 Å². The zero-order chi connectivity index (χ0) is 10.8. The first-order chi connectivity index (χ1) is 7.95. The van der Waals surface area contributed by atoms with Gasteiger partial charge in [0.15, 0.2) is 0 Å². The maximum Gasteiger partial charge on any atom is 0.263 e. The van der Waals surface area contributed by atoms with E-state index in [0.29, 0.717) is 0 Å². The highest BCUT2D eigenvalue weighted by molar-refractivity contribution is 6.93. The molecule has 3 aromatic heterocycles. The molecule has 3 rings (SSSR count). The summed E-state index contributed by atoms with van der Waals surface area (Å²) in [7, 11) is -1.66. The van der Waals surface area contributed by atoms with Gasteiger partial charge < -0.3 is 13.3 Å². The lowest BCUT2D eigenvalue weighted by Crippen LogP contribution is -2.50. The highest BCUT2D eigenvalue weighted by Gasteiger charge is 2.27. The normalized spacial score (nSPS) is 11.1. The van der Waals surface area contributed by atoms with E-state index >= 15 is 0 Å². The molecule has 16 heavy (non-hydrogen) atoms. The topological polar surface area (TPSA) is 39.4 Å². The van der Waals surface area contributed by atoms with Gasteiger partial charge in [-0.1, -0.05) is 0 Å². The zero-order valence-corrected chi connectivity index (χ0v) is 9.65. The fourth-order valence-corrected chi connectivity index (χ4v) is 4.18. The second kappa shape index (κ2) is 3.90. The van der Waals surface area contributed by atoms with Gasteiger partial charge in [-0.25, -0.2) is 0 Å². The van der Waals surface area contributed by atoms with Crippen molar-refractivity contribution in [2.45, 2.75) is 0 Å². The Bertz CT molecular complexity index is 441. The monoisotopic (exact) mass is 230 g/mol. The van der Waals surface area contributed by atoms with Gasteiger partial charge in [-0.3, -0.25) is 0 Å². The average molecular weight is 230 g/mol. The summed E-state index contributed by atoms with van der Waals surface area (Å²) in [5.41, 5.74) is 0. The Kier molecular flexibility index (Phi) is 2.27. The largest absolute Gasteiger partial charge is 0.474 e. The first-order valence-electron chi connectivity index (χ1n) is 5.05. The molecule has 0 N–H and O–H groups in total. The van der Waals surface area contributed by atoms with E-state index < -0.39 is 8.80 Å². The van der Waals surface area contributed by atoms with Crippen molar-refractivity contribution in [3.8, 4) is 0 Å². The van der Waals surface area contributed by atoms with Crippen LogP contribution in [0.2, 0.25) is 0 Å². The van der Waals surface area contributed by atoms with Crippen LogP contribution in [0.25, 0.3) is 0 Å². The van der Waals surface area contributed by atoms with Crippen LogP contribution in [0.3, 0.4) is 0 Å². The first kappa shape index (κ1) is 9.29. The van der Waals surface area contributed by atoms with E-state index in [1.807, 2.05) is 36.4 Å². The number of rotatable bonds is 3. The van der Waals surface area contributed by atoms with Crippen molar-refractivity contribution >= 4 is 24.9 Å². The van der Waals surface area contributed by atoms with Gasteiger partial charge in [0.25, 0.3) is 8.80 Å². The third kappa shape index (κ3) is 1.53. The summed E-state index contributed by atoms with van der Waals surface area (Å²) >= 11 is 0. The van der Waals surface area contributed by atoms with Crippen LogP contribution in [-0.2, 0) is 0 Å². The fraction of sp³-hybridized carbons (Fsp3) is 0. The summed E-state index contributed by atoms with van der Waals surface area (Å²) in [5, 5.41) is 2.85. The molecule has 0 fully saturated rings. The summed E-state index contributed by atoms with van der Waals surface area (Å²) in [6.45, 7) is 0. The second-order valence-electron chi connectivity index (χ2n) is 3.48. The average Bonchev–Trinajstić information content (AvgIpc) is 3.02. The van der Waals surface area contributed by atoms with E-state index in [1.165, 1.54) is 0 Å². The Balaban J connectivity index is 2.09. The summed E-state index contributed by atoms with van der Waals surface area (Å²) < 4.78 is 16.5. The fourth-order valence-electron chi connectivity index (χ4n) is 1.79. The molecule has 3 nitrogen and oxygen atoms in total. The minimum Gasteiger partial charge on any atom is -0.474 e. The Morgan fingerprint density at radius 3 is 1.25 bits per heavy atom. The molecule has 0 aliphatic rings. The molecule has 0 aliphatic carbocycles. The molecule has 0 saturated carbocycles. The van der Waals surface area contributed by atoms with Crippen molar-refractivity contribution in [3.63, 3.8) is 0 Å². The molecular formula is C12H10O3Si. The molecular weight excluding hydrogens is 220 g/mol. The van der Waals surface area contributed by atoms with Crippen LogP contribution in [0.5, 0.6) is 0 Å². The quantitative estimate of drug-likeness (QED) is 0.622. The van der Waals surface area contributed by atoms with Crippen LogP contribution < -0.4 is 16.2 Å². The molecule has 4 heteroatoms. The molecule has 0 aromatic carbocycles. The van der Waals surface area contributed by atoms with Crippen LogP contribution in [0.1, 0.15) is 0 Å². The summed E-state index contributed by atoms with van der Waals surface area (Å²) in [6.07, 6.45) is 5.05. The zero-order valence-electron chi connectivity index (χ0n) is 8.50. The molecule has 80 valence electrons. The molecule has 3 aromatic rings. The number of hydrogen-bond donors (Lipinski definition) is 0. The van der Waals surface area contributed by atoms with Gasteiger partial charge in [0.05, 0.1) is 34.9 Å². The van der Waals surface area contributed by atoms with Crippen molar-refractivity contribution in [3.05, 3.63) is 55.2 Å². The van der Waals surface area contributed by atoms with E-state index in [1.54, 1.807) is 18.8 Å². The van der Waals surface area contributed by atoms with E-state index in [4.69, 9.17) is 13.3 Å². The maximum absolute atomic E-state index is 5.48. The van der Waals surface area contributed by atoms with Crippen molar-refractivity contribution < 1.29 is 13.3 Å². The van der Waals surface area contributed by atoms with Gasteiger partial charge >= 0.3 is 0 Å².